The van der Waals surface area contributed by atoms with Crippen LogP contribution in [0.2, 0.25) is 0 Å². The maximum Gasteiger partial charge on any atom is 0.251 e. The molecule has 3 heterocycles. The van der Waals surface area contributed by atoms with Gasteiger partial charge in [0.05, 0.1) is 6.26 Å². The third-order valence-electron chi connectivity index (χ3n) is 4.08. The standard InChI is InChI=1S/C21H17N3O2/c25-21(17-5-7-18(8-6-17)24-11-1-2-12-24)23-15-16-9-10-22-19(14-16)20-4-3-13-26-20/h1-14H,15H2,(H,23,25). The van der Waals surface area contributed by atoms with Crippen molar-refractivity contribution in [2.75, 3.05) is 0 Å². The lowest BCUT2D eigenvalue weighted by molar-refractivity contribution is 0.0951. The lowest BCUT2D eigenvalue weighted by Crippen LogP contribution is -2.22. The zero-order chi connectivity index (χ0) is 17.8. The monoisotopic (exact) mass is 343 g/mol. The molecule has 5 nitrogen and oxygen atoms in total. The van der Waals surface area contributed by atoms with E-state index in [1.165, 1.54) is 0 Å². The quantitative estimate of drug-likeness (QED) is 0.594. The lowest BCUT2D eigenvalue weighted by Gasteiger charge is -2.08. The van der Waals surface area contributed by atoms with Crippen LogP contribution < -0.4 is 5.32 Å². The minimum Gasteiger partial charge on any atom is -0.463 e. The van der Waals surface area contributed by atoms with Gasteiger partial charge in [-0.3, -0.25) is 9.78 Å². The van der Waals surface area contributed by atoms with E-state index in [2.05, 4.69) is 10.3 Å². The fourth-order valence-corrected chi connectivity index (χ4v) is 2.72. The van der Waals surface area contributed by atoms with Crippen molar-refractivity contribution in [3.63, 3.8) is 0 Å². The summed E-state index contributed by atoms with van der Waals surface area (Å²) in [5, 5.41) is 2.94. The summed E-state index contributed by atoms with van der Waals surface area (Å²) in [7, 11) is 0. The van der Waals surface area contributed by atoms with Gasteiger partial charge in [-0.05, 0) is 66.2 Å². The van der Waals surface area contributed by atoms with Crippen LogP contribution in [0, 0.1) is 0 Å². The number of rotatable bonds is 5. The molecule has 0 atom stereocenters. The van der Waals surface area contributed by atoms with Crippen molar-refractivity contribution in [3.8, 4) is 17.1 Å². The van der Waals surface area contributed by atoms with Gasteiger partial charge in [0.1, 0.15) is 5.69 Å². The lowest BCUT2D eigenvalue weighted by atomic mass is 10.1. The van der Waals surface area contributed by atoms with Crippen LogP contribution in [0.25, 0.3) is 17.1 Å². The molecule has 26 heavy (non-hydrogen) atoms. The fraction of sp³-hybridized carbons (Fsp3) is 0.0476. The molecule has 0 aliphatic rings. The van der Waals surface area contributed by atoms with Crippen LogP contribution >= 0.6 is 0 Å². The minimum atomic E-state index is -0.111. The molecule has 0 spiro atoms. The summed E-state index contributed by atoms with van der Waals surface area (Å²) in [6.07, 6.45) is 7.26. The predicted octanol–water partition coefficient (Wildman–Crippen LogP) is 4.06. The van der Waals surface area contributed by atoms with Crippen molar-refractivity contribution in [2.24, 2.45) is 0 Å². The Morgan fingerprint density at radius 2 is 1.85 bits per heavy atom. The highest BCUT2D eigenvalue weighted by Crippen LogP contribution is 2.18. The Morgan fingerprint density at radius 1 is 1.04 bits per heavy atom. The van der Waals surface area contributed by atoms with Crippen LogP contribution in [0.3, 0.4) is 0 Å². The Labute approximate surface area is 150 Å². The molecule has 128 valence electrons. The van der Waals surface area contributed by atoms with Crippen molar-refractivity contribution in [1.82, 2.24) is 14.9 Å². The molecule has 3 aromatic heterocycles. The van der Waals surface area contributed by atoms with Crippen LogP contribution in [-0.2, 0) is 6.54 Å². The maximum absolute atomic E-state index is 12.4. The molecule has 0 fully saturated rings. The zero-order valence-corrected chi connectivity index (χ0v) is 14.0. The van der Waals surface area contributed by atoms with Crippen molar-refractivity contribution in [2.45, 2.75) is 6.54 Å². The first kappa shape index (κ1) is 15.9. The normalized spacial score (nSPS) is 10.6. The number of carbonyl (C=O) groups excluding carboxylic acids is 1. The topological polar surface area (TPSA) is 60.1 Å². The molecular weight excluding hydrogens is 326 g/mol. The number of benzene rings is 1. The summed E-state index contributed by atoms with van der Waals surface area (Å²) in [4.78, 5) is 16.7. The number of aromatic nitrogens is 2. The van der Waals surface area contributed by atoms with E-state index in [0.717, 1.165) is 16.9 Å². The van der Waals surface area contributed by atoms with E-state index < -0.39 is 0 Å². The first-order valence-electron chi connectivity index (χ1n) is 8.30. The second-order valence-corrected chi connectivity index (χ2v) is 5.85. The Hall–Kier alpha value is -3.60. The van der Waals surface area contributed by atoms with Gasteiger partial charge in [-0.25, -0.2) is 0 Å². The second-order valence-electron chi connectivity index (χ2n) is 5.85. The molecule has 0 unspecified atom stereocenters. The van der Waals surface area contributed by atoms with Crippen LogP contribution in [0.5, 0.6) is 0 Å². The average molecular weight is 343 g/mol. The highest BCUT2D eigenvalue weighted by Gasteiger charge is 2.07. The van der Waals surface area contributed by atoms with Gasteiger partial charge >= 0.3 is 0 Å². The minimum absolute atomic E-state index is 0.111. The maximum atomic E-state index is 12.4. The van der Waals surface area contributed by atoms with Gasteiger partial charge in [0.2, 0.25) is 0 Å². The molecule has 5 heteroatoms. The summed E-state index contributed by atoms with van der Waals surface area (Å²) < 4.78 is 7.35. The van der Waals surface area contributed by atoms with Gasteiger partial charge in [0, 0.05) is 36.4 Å². The zero-order valence-electron chi connectivity index (χ0n) is 14.0. The molecule has 1 amide bonds. The number of nitrogens with one attached hydrogen (secondary N) is 1. The van der Waals surface area contributed by atoms with Crippen LogP contribution in [0.4, 0.5) is 0 Å². The number of hydrogen-bond acceptors (Lipinski definition) is 3. The molecule has 0 bridgehead atoms. The third kappa shape index (κ3) is 3.42. The van der Waals surface area contributed by atoms with E-state index in [1.54, 1.807) is 12.5 Å². The Bertz CT molecular complexity index is 988. The molecule has 4 rings (SSSR count). The summed E-state index contributed by atoms with van der Waals surface area (Å²) in [5.74, 6) is 0.596. The van der Waals surface area contributed by atoms with E-state index in [1.807, 2.05) is 77.6 Å². The van der Waals surface area contributed by atoms with Crippen molar-refractivity contribution < 1.29 is 9.21 Å². The molecule has 0 aliphatic heterocycles. The Balaban J connectivity index is 1.42. The fourth-order valence-electron chi connectivity index (χ4n) is 2.72. The van der Waals surface area contributed by atoms with Gasteiger partial charge in [0.15, 0.2) is 5.76 Å². The van der Waals surface area contributed by atoms with Gasteiger partial charge in [-0.15, -0.1) is 0 Å². The first-order chi connectivity index (χ1) is 12.8. The van der Waals surface area contributed by atoms with Gasteiger partial charge in [0.25, 0.3) is 5.91 Å². The largest absolute Gasteiger partial charge is 0.463 e. The van der Waals surface area contributed by atoms with Crippen molar-refractivity contribution in [1.29, 1.82) is 0 Å². The Morgan fingerprint density at radius 3 is 2.58 bits per heavy atom. The number of pyridine rings is 1. The molecule has 4 aromatic rings. The summed E-state index contributed by atoms with van der Waals surface area (Å²) in [6.45, 7) is 0.425. The average Bonchev–Trinajstić information content (AvgIpc) is 3.40. The smallest absolute Gasteiger partial charge is 0.251 e. The number of furan rings is 1. The number of nitrogens with zero attached hydrogens (tertiary/aromatic N) is 2. The van der Waals surface area contributed by atoms with E-state index in [-0.39, 0.29) is 5.91 Å². The molecular formula is C21H17N3O2. The molecule has 0 radical (unpaired) electrons. The Kier molecular flexibility index (Phi) is 4.35. The molecule has 0 saturated carbocycles. The van der Waals surface area contributed by atoms with Gasteiger partial charge in [-0.1, -0.05) is 0 Å². The van der Waals surface area contributed by atoms with Crippen molar-refractivity contribution >= 4 is 5.91 Å². The summed E-state index contributed by atoms with van der Waals surface area (Å²) >= 11 is 0. The number of carbonyl (C=O) groups is 1. The predicted molar refractivity (Wildman–Crippen MR) is 98.9 cm³/mol. The van der Waals surface area contributed by atoms with Crippen LogP contribution in [0.15, 0.2) is 89.9 Å². The van der Waals surface area contributed by atoms with Crippen LogP contribution in [-0.4, -0.2) is 15.5 Å². The first-order valence-corrected chi connectivity index (χ1v) is 8.30. The van der Waals surface area contributed by atoms with E-state index >= 15 is 0 Å². The number of hydrogen-bond donors (Lipinski definition) is 1. The highest BCUT2D eigenvalue weighted by molar-refractivity contribution is 5.94. The summed E-state index contributed by atoms with van der Waals surface area (Å²) in [6, 6.07) is 18.9. The second kappa shape index (κ2) is 7.11. The van der Waals surface area contributed by atoms with E-state index in [4.69, 9.17) is 4.42 Å². The van der Waals surface area contributed by atoms with Crippen LogP contribution in [0.1, 0.15) is 15.9 Å². The van der Waals surface area contributed by atoms with Crippen molar-refractivity contribution in [3.05, 3.63) is 96.6 Å². The third-order valence-corrected chi connectivity index (χ3v) is 4.08. The molecule has 1 N–H and O–H groups in total. The van der Waals surface area contributed by atoms with E-state index in [9.17, 15) is 4.79 Å². The van der Waals surface area contributed by atoms with Gasteiger partial charge < -0.3 is 14.3 Å². The molecule has 0 aliphatic carbocycles. The van der Waals surface area contributed by atoms with Gasteiger partial charge in [-0.2, -0.15) is 0 Å². The SMILES string of the molecule is O=C(NCc1ccnc(-c2ccco2)c1)c1ccc(-n2cccc2)cc1. The summed E-state index contributed by atoms with van der Waals surface area (Å²) in [5.41, 5.74) is 3.35. The molecule has 1 aromatic carbocycles. The molecule has 0 saturated heterocycles. The highest BCUT2D eigenvalue weighted by atomic mass is 16.3. The number of amides is 1. The van der Waals surface area contributed by atoms with E-state index in [0.29, 0.717) is 17.9 Å².